The number of hydrogen-bond acceptors (Lipinski definition) is 2. The Morgan fingerprint density at radius 3 is 2.72 bits per heavy atom. The second-order valence-electron chi connectivity index (χ2n) is 6.13. The number of carbonyl (C=O) groups excluding carboxylic acids is 1. The number of fused-ring (bicyclic) bond motifs is 1. The molecule has 1 aliphatic heterocycles. The van der Waals surface area contributed by atoms with Crippen LogP contribution in [0.15, 0.2) is 53.0 Å². The highest BCUT2D eigenvalue weighted by atomic mass is 79.9. The molecule has 1 atom stereocenters. The van der Waals surface area contributed by atoms with Gasteiger partial charge in [-0.2, -0.15) is 0 Å². The van der Waals surface area contributed by atoms with E-state index in [-0.39, 0.29) is 11.8 Å². The molecule has 0 aliphatic carbocycles. The summed E-state index contributed by atoms with van der Waals surface area (Å²) in [4.78, 5) is 19.2. The van der Waals surface area contributed by atoms with E-state index in [2.05, 4.69) is 26.4 Å². The summed E-state index contributed by atoms with van der Waals surface area (Å²) in [6.45, 7) is 1.08. The van der Waals surface area contributed by atoms with Crippen LogP contribution >= 0.6 is 15.9 Å². The monoisotopic (exact) mass is 393 g/mol. The minimum atomic E-state index is 0.0388. The van der Waals surface area contributed by atoms with Crippen LogP contribution < -0.4 is 4.90 Å². The molecule has 5 heteroatoms. The number of aromatic nitrogens is 2. The molecule has 124 valence electrons. The Morgan fingerprint density at radius 1 is 1.20 bits per heavy atom. The summed E-state index contributed by atoms with van der Waals surface area (Å²) in [6.07, 6.45) is 6.01. The van der Waals surface area contributed by atoms with E-state index in [9.17, 15) is 4.79 Å². The average Bonchev–Trinajstić information content (AvgIpc) is 3.17. The molecule has 1 aliphatic rings. The largest absolute Gasteiger partial charge is 0.316 e. The summed E-state index contributed by atoms with van der Waals surface area (Å²) in [5.41, 5.74) is 2.85. The first-order valence-corrected chi connectivity index (χ1v) is 8.91. The van der Waals surface area contributed by atoms with Gasteiger partial charge in [0, 0.05) is 29.0 Å². The molecule has 4 rings (SSSR count). The lowest BCUT2D eigenvalue weighted by molar-refractivity contribution is -0.117. The number of rotatable bonds is 3. The molecule has 0 N–H and O–H groups in total. The van der Waals surface area contributed by atoms with Crippen LogP contribution in [-0.4, -0.2) is 22.0 Å². The lowest BCUT2D eigenvalue weighted by Gasteiger charge is -2.17. The second kappa shape index (κ2) is 6.38. The molecule has 0 radical (unpaired) electrons. The maximum atomic E-state index is 12.6. The van der Waals surface area contributed by atoms with E-state index in [0.717, 1.165) is 27.0 Å². The fraction of sp³-hybridized carbons (Fsp3) is 0.200. The lowest BCUT2D eigenvalue weighted by Crippen LogP contribution is -2.24. The molecular formula is C20H16BrN3O. The van der Waals surface area contributed by atoms with Gasteiger partial charge >= 0.3 is 0 Å². The van der Waals surface area contributed by atoms with Gasteiger partial charge in [0.2, 0.25) is 5.91 Å². The van der Waals surface area contributed by atoms with E-state index in [4.69, 9.17) is 11.4 Å². The van der Waals surface area contributed by atoms with Gasteiger partial charge in [0.05, 0.1) is 17.6 Å². The molecule has 0 unspecified atom stereocenters. The molecule has 1 aromatic heterocycles. The number of hydrogen-bond donors (Lipinski definition) is 0. The Kier molecular flexibility index (Phi) is 4.06. The molecule has 2 aromatic carbocycles. The summed E-state index contributed by atoms with van der Waals surface area (Å²) < 4.78 is 3.05. The van der Waals surface area contributed by atoms with Gasteiger partial charge in [-0.15, -0.1) is 6.42 Å². The van der Waals surface area contributed by atoms with Crippen molar-refractivity contribution in [1.82, 2.24) is 9.55 Å². The first-order chi connectivity index (χ1) is 12.2. The predicted octanol–water partition coefficient (Wildman–Crippen LogP) is 3.95. The zero-order chi connectivity index (χ0) is 17.4. The third-order valence-electron chi connectivity index (χ3n) is 4.56. The van der Waals surface area contributed by atoms with Crippen LogP contribution in [0.2, 0.25) is 0 Å². The van der Waals surface area contributed by atoms with Crippen LogP contribution in [-0.2, 0) is 11.3 Å². The Morgan fingerprint density at radius 2 is 1.96 bits per heavy atom. The number of benzene rings is 2. The summed E-state index contributed by atoms with van der Waals surface area (Å²) in [6, 6.07) is 15.8. The van der Waals surface area contributed by atoms with Crippen molar-refractivity contribution in [2.24, 2.45) is 0 Å². The Labute approximate surface area is 154 Å². The van der Waals surface area contributed by atoms with Crippen molar-refractivity contribution in [3.05, 3.63) is 58.8 Å². The van der Waals surface area contributed by atoms with Gasteiger partial charge in [-0.1, -0.05) is 34.0 Å². The number of halogens is 1. The summed E-state index contributed by atoms with van der Waals surface area (Å²) in [5, 5.41) is 0. The van der Waals surface area contributed by atoms with Gasteiger partial charge in [-0.25, -0.2) is 4.98 Å². The van der Waals surface area contributed by atoms with Crippen molar-refractivity contribution in [2.45, 2.75) is 18.9 Å². The first kappa shape index (κ1) is 15.9. The van der Waals surface area contributed by atoms with Crippen molar-refractivity contribution >= 4 is 38.6 Å². The van der Waals surface area contributed by atoms with Crippen LogP contribution in [0.4, 0.5) is 5.69 Å². The normalized spacial score (nSPS) is 17.2. The zero-order valence-corrected chi connectivity index (χ0v) is 15.1. The minimum Gasteiger partial charge on any atom is -0.316 e. The molecule has 1 amide bonds. The van der Waals surface area contributed by atoms with Crippen LogP contribution in [0.3, 0.4) is 0 Å². The highest BCUT2D eigenvalue weighted by Gasteiger charge is 2.34. The van der Waals surface area contributed by atoms with Crippen LogP contribution in [0, 0.1) is 12.3 Å². The number of anilines is 1. The van der Waals surface area contributed by atoms with Gasteiger partial charge < -0.3 is 9.47 Å². The molecule has 0 saturated carbocycles. The molecular weight excluding hydrogens is 378 g/mol. The molecule has 0 spiro atoms. The van der Waals surface area contributed by atoms with Crippen molar-refractivity contribution in [3.8, 4) is 12.3 Å². The highest BCUT2D eigenvalue weighted by Crippen LogP contribution is 2.33. The third kappa shape index (κ3) is 2.83. The molecule has 0 bridgehead atoms. The highest BCUT2D eigenvalue weighted by molar-refractivity contribution is 9.10. The van der Waals surface area contributed by atoms with Gasteiger partial charge in [0.1, 0.15) is 5.82 Å². The van der Waals surface area contributed by atoms with Crippen LogP contribution in [0.1, 0.15) is 18.2 Å². The third-order valence-corrected chi connectivity index (χ3v) is 5.09. The lowest BCUT2D eigenvalue weighted by atomic mass is 10.1. The standard InChI is InChI=1S/C20H16BrN3O/c1-2-11-23-18-6-4-3-5-17(18)22-20(23)14-12-19(25)24(13-14)16-9-7-15(21)8-10-16/h1,3-10,14H,11-13H2/t14-/m1/s1. The van der Waals surface area contributed by atoms with Gasteiger partial charge in [-0.3, -0.25) is 4.79 Å². The number of terminal acetylenes is 1. The van der Waals surface area contributed by atoms with E-state index in [1.807, 2.05) is 53.4 Å². The van der Waals surface area contributed by atoms with Gasteiger partial charge in [0.15, 0.2) is 0 Å². The smallest absolute Gasteiger partial charge is 0.227 e. The Balaban J connectivity index is 1.70. The topological polar surface area (TPSA) is 38.1 Å². The van der Waals surface area contributed by atoms with Crippen LogP contribution in [0.5, 0.6) is 0 Å². The fourth-order valence-corrected chi connectivity index (χ4v) is 3.68. The van der Waals surface area contributed by atoms with E-state index in [1.165, 1.54) is 0 Å². The van der Waals surface area contributed by atoms with Crippen molar-refractivity contribution < 1.29 is 4.79 Å². The van der Waals surface area contributed by atoms with Crippen molar-refractivity contribution in [1.29, 1.82) is 0 Å². The molecule has 1 fully saturated rings. The Hall–Kier alpha value is -2.58. The fourth-order valence-electron chi connectivity index (χ4n) is 3.41. The predicted molar refractivity (Wildman–Crippen MR) is 102 cm³/mol. The average molecular weight is 394 g/mol. The molecule has 25 heavy (non-hydrogen) atoms. The van der Waals surface area contributed by atoms with Crippen molar-refractivity contribution in [2.75, 3.05) is 11.4 Å². The van der Waals surface area contributed by atoms with E-state index in [1.54, 1.807) is 0 Å². The molecule has 3 aromatic rings. The maximum absolute atomic E-state index is 12.6. The quantitative estimate of drug-likeness (QED) is 0.631. The number of carbonyl (C=O) groups is 1. The van der Waals surface area contributed by atoms with Crippen molar-refractivity contribution in [3.63, 3.8) is 0 Å². The van der Waals surface area contributed by atoms with Crippen LogP contribution in [0.25, 0.3) is 11.0 Å². The van der Waals surface area contributed by atoms with Gasteiger partial charge in [-0.05, 0) is 36.4 Å². The number of para-hydroxylation sites is 2. The summed E-state index contributed by atoms with van der Waals surface area (Å²) in [7, 11) is 0. The summed E-state index contributed by atoms with van der Waals surface area (Å²) in [5.74, 6) is 3.76. The SMILES string of the molecule is C#CCn1c([C@@H]2CC(=O)N(c3ccc(Br)cc3)C2)nc2ccccc21. The second-order valence-corrected chi connectivity index (χ2v) is 7.05. The number of imidazole rings is 1. The first-order valence-electron chi connectivity index (χ1n) is 8.12. The minimum absolute atomic E-state index is 0.0388. The molecule has 4 nitrogen and oxygen atoms in total. The number of amides is 1. The molecule has 2 heterocycles. The summed E-state index contributed by atoms with van der Waals surface area (Å²) >= 11 is 3.43. The van der Waals surface area contributed by atoms with E-state index in [0.29, 0.717) is 19.5 Å². The number of nitrogens with zero attached hydrogens (tertiary/aromatic N) is 3. The van der Waals surface area contributed by atoms with E-state index >= 15 is 0 Å². The zero-order valence-electron chi connectivity index (χ0n) is 13.5. The van der Waals surface area contributed by atoms with Gasteiger partial charge in [0.25, 0.3) is 0 Å². The molecule has 1 saturated heterocycles. The maximum Gasteiger partial charge on any atom is 0.227 e. The van der Waals surface area contributed by atoms with E-state index < -0.39 is 0 Å². The Bertz CT molecular complexity index is 984.